The molecule has 134 valence electrons. The maximum atomic E-state index is 13.0. The Bertz CT molecular complexity index is 894. The van der Waals surface area contributed by atoms with Crippen LogP contribution in [0.3, 0.4) is 0 Å². The zero-order valence-corrected chi connectivity index (χ0v) is 14.3. The standard InChI is InChI=1S/C18H17FN4O3/c1-12(22(2)11-13-3-7-15(19)8-4-13)17-20-21-18(26-17)14-5-9-16(10-6-14)23(24)25/h3-10,12H,11H2,1-2H3/p+1/t12-/m1/s1. The first-order chi connectivity index (χ1) is 12.4. The van der Waals surface area contributed by atoms with E-state index in [9.17, 15) is 14.5 Å². The number of benzene rings is 2. The number of halogens is 1. The number of nitro groups is 1. The van der Waals surface area contributed by atoms with E-state index in [1.165, 1.54) is 24.3 Å². The van der Waals surface area contributed by atoms with Crippen LogP contribution in [-0.4, -0.2) is 22.2 Å². The molecular formula is C18H18FN4O3+. The molecular weight excluding hydrogens is 339 g/mol. The van der Waals surface area contributed by atoms with Crippen molar-refractivity contribution in [3.8, 4) is 11.5 Å². The largest absolute Gasteiger partial charge is 0.415 e. The van der Waals surface area contributed by atoms with Crippen LogP contribution in [0.5, 0.6) is 0 Å². The summed E-state index contributed by atoms with van der Waals surface area (Å²) in [4.78, 5) is 11.4. The Labute approximate surface area is 149 Å². The lowest BCUT2D eigenvalue weighted by atomic mass is 10.2. The zero-order valence-electron chi connectivity index (χ0n) is 14.3. The molecule has 0 aliphatic carbocycles. The zero-order chi connectivity index (χ0) is 18.7. The Kier molecular flexibility index (Phi) is 5.04. The van der Waals surface area contributed by atoms with Crippen molar-refractivity contribution in [2.24, 2.45) is 0 Å². The Morgan fingerprint density at radius 1 is 1.15 bits per heavy atom. The molecule has 0 amide bonds. The molecule has 2 atom stereocenters. The van der Waals surface area contributed by atoms with Crippen LogP contribution in [0.15, 0.2) is 52.9 Å². The summed E-state index contributed by atoms with van der Waals surface area (Å²) in [7, 11) is 1.99. The number of nitrogens with zero attached hydrogens (tertiary/aromatic N) is 3. The van der Waals surface area contributed by atoms with Crippen molar-refractivity contribution >= 4 is 5.69 Å². The van der Waals surface area contributed by atoms with E-state index >= 15 is 0 Å². The highest BCUT2D eigenvalue weighted by molar-refractivity contribution is 5.55. The predicted octanol–water partition coefficient (Wildman–Crippen LogP) is 2.56. The fourth-order valence-corrected chi connectivity index (χ4v) is 2.54. The average Bonchev–Trinajstić information content (AvgIpc) is 3.13. The van der Waals surface area contributed by atoms with Crippen LogP contribution in [-0.2, 0) is 6.54 Å². The van der Waals surface area contributed by atoms with E-state index in [0.29, 0.717) is 23.9 Å². The second-order valence-corrected chi connectivity index (χ2v) is 6.12. The molecule has 0 bridgehead atoms. The third kappa shape index (κ3) is 3.92. The molecule has 26 heavy (non-hydrogen) atoms. The molecule has 1 N–H and O–H groups in total. The average molecular weight is 357 g/mol. The first-order valence-corrected chi connectivity index (χ1v) is 8.09. The second-order valence-electron chi connectivity index (χ2n) is 6.12. The summed E-state index contributed by atoms with van der Waals surface area (Å²) in [5, 5.41) is 18.8. The van der Waals surface area contributed by atoms with E-state index in [4.69, 9.17) is 4.42 Å². The summed E-state index contributed by atoms with van der Waals surface area (Å²) < 4.78 is 18.7. The summed E-state index contributed by atoms with van der Waals surface area (Å²) in [6.07, 6.45) is 0. The maximum absolute atomic E-state index is 13.0. The van der Waals surface area contributed by atoms with Crippen molar-refractivity contribution in [2.45, 2.75) is 19.5 Å². The number of quaternary nitrogens is 1. The van der Waals surface area contributed by atoms with Gasteiger partial charge >= 0.3 is 0 Å². The second kappa shape index (κ2) is 7.40. The number of aromatic nitrogens is 2. The molecule has 0 spiro atoms. The molecule has 2 aromatic carbocycles. The van der Waals surface area contributed by atoms with Gasteiger partial charge in [0.05, 0.1) is 12.0 Å². The van der Waals surface area contributed by atoms with Crippen LogP contribution in [0.4, 0.5) is 10.1 Å². The van der Waals surface area contributed by atoms with E-state index in [-0.39, 0.29) is 17.5 Å². The predicted molar refractivity (Wildman–Crippen MR) is 91.8 cm³/mol. The molecule has 7 nitrogen and oxygen atoms in total. The summed E-state index contributed by atoms with van der Waals surface area (Å²) in [6.45, 7) is 2.64. The van der Waals surface area contributed by atoms with Gasteiger partial charge in [-0.1, -0.05) is 12.1 Å². The number of nitrogens with one attached hydrogen (secondary N) is 1. The van der Waals surface area contributed by atoms with Gasteiger partial charge in [-0.2, -0.15) is 0 Å². The van der Waals surface area contributed by atoms with Crippen LogP contribution in [0.25, 0.3) is 11.5 Å². The number of hydrogen-bond acceptors (Lipinski definition) is 5. The van der Waals surface area contributed by atoms with E-state index in [0.717, 1.165) is 10.5 Å². The van der Waals surface area contributed by atoms with Crippen molar-refractivity contribution in [1.29, 1.82) is 0 Å². The molecule has 8 heteroatoms. The molecule has 3 rings (SSSR count). The van der Waals surface area contributed by atoms with Gasteiger partial charge in [0.15, 0.2) is 6.04 Å². The molecule has 1 unspecified atom stereocenters. The van der Waals surface area contributed by atoms with E-state index < -0.39 is 4.92 Å². The van der Waals surface area contributed by atoms with Gasteiger partial charge in [0.2, 0.25) is 5.89 Å². The quantitative estimate of drug-likeness (QED) is 0.541. The third-order valence-electron chi connectivity index (χ3n) is 4.27. The molecule has 0 aliphatic rings. The minimum Gasteiger partial charge on any atom is -0.415 e. The fraction of sp³-hybridized carbons (Fsp3) is 0.222. The normalized spacial score (nSPS) is 13.3. The SMILES string of the molecule is C[C@H](c1nnc(-c2ccc([N+](=O)[O-])cc2)o1)[NH+](C)Cc1ccc(F)cc1. The summed E-state index contributed by atoms with van der Waals surface area (Å²) in [5.41, 5.74) is 1.63. The maximum Gasteiger partial charge on any atom is 0.274 e. The molecule has 1 aromatic heterocycles. The number of rotatable bonds is 6. The van der Waals surface area contributed by atoms with Crippen LogP contribution in [0.2, 0.25) is 0 Å². The monoisotopic (exact) mass is 357 g/mol. The number of nitro benzene ring substituents is 1. The van der Waals surface area contributed by atoms with Crippen molar-refractivity contribution < 1.29 is 18.6 Å². The minimum absolute atomic E-state index is 0.00494. The van der Waals surface area contributed by atoms with Gasteiger partial charge < -0.3 is 9.32 Å². The molecule has 0 saturated heterocycles. The Balaban J connectivity index is 1.71. The number of non-ortho nitro benzene ring substituents is 1. The Hall–Kier alpha value is -3.13. The van der Waals surface area contributed by atoms with Gasteiger partial charge in [0, 0.05) is 23.3 Å². The van der Waals surface area contributed by atoms with E-state index in [1.807, 2.05) is 14.0 Å². The van der Waals surface area contributed by atoms with Crippen molar-refractivity contribution in [3.63, 3.8) is 0 Å². The lowest BCUT2D eigenvalue weighted by Gasteiger charge is -2.18. The molecule has 3 aromatic rings. The highest BCUT2D eigenvalue weighted by Gasteiger charge is 2.23. The first-order valence-electron chi connectivity index (χ1n) is 8.09. The van der Waals surface area contributed by atoms with Crippen molar-refractivity contribution in [1.82, 2.24) is 10.2 Å². The molecule has 1 heterocycles. The van der Waals surface area contributed by atoms with E-state index in [2.05, 4.69) is 10.2 Å². The van der Waals surface area contributed by atoms with E-state index in [1.54, 1.807) is 24.3 Å². The van der Waals surface area contributed by atoms with Gasteiger partial charge in [-0.25, -0.2) is 4.39 Å². The van der Waals surface area contributed by atoms with Crippen molar-refractivity contribution in [2.75, 3.05) is 7.05 Å². The highest BCUT2D eigenvalue weighted by Crippen LogP contribution is 2.22. The molecule has 0 fully saturated rings. The third-order valence-corrected chi connectivity index (χ3v) is 4.27. The summed E-state index contributed by atoms with van der Waals surface area (Å²) in [6, 6.07) is 12.3. The number of hydrogen-bond donors (Lipinski definition) is 1. The summed E-state index contributed by atoms with van der Waals surface area (Å²) >= 11 is 0. The smallest absolute Gasteiger partial charge is 0.274 e. The van der Waals surface area contributed by atoms with Gasteiger partial charge in [-0.05, 0) is 31.2 Å². The minimum atomic E-state index is -0.459. The first kappa shape index (κ1) is 17.7. The lowest BCUT2D eigenvalue weighted by molar-refractivity contribution is -0.925. The molecule has 0 aliphatic heterocycles. The van der Waals surface area contributed by atoms with Crippen molar-refractivity contribution in [3.05, 3.63) is 75.9 Å². The van der Waals surface area contributed by atoms with Gasteiger partial charge in [0.1, 0.15) is 12.4 Å². The van der Waals surface area contributed by atoms with Crippen LogP contribution in [0, 0.1) is 15.9 Å². The van der Waals surface area contributed by atoms with Crippen LogP contribution < -0.4 is 4.90 Å². The topological polar surface area (TPSA) is 86.5 Å². The Morgan fingerprint density at radius 3 is 2.42 bits per heavy atom. The van der Waals surface area contributed by atoms with Gasteiger partial charge in [-0.3, -0.25) is 10.1 Å². The Morgan fingerprint density at radius 2 is 1.81 bits per heavy atom. The van der Waals surface area contributed by atoms with Crippen LogP contribution in [0.1, 0.15) is 24.4 Å². The molecule has 0 radical (unpaired) electrons. The van der Waals surface area contributed by atoms with Gasteiger partial charge in [0.25, 0.3) is 11.6 Å². The highest BCUT2D eigenvalue weighted by atomic mass is 19.1. The summed E-state index contributed by atoms with van der Waals surface area (Å²) in [5.74, 6) is 0.526. The fourth-order valence-electron chi connectivity index (χ4n) is 2.54. The molecule has 0 saturated carbocycles. The lowest BCUT2D eigenvalue weighted by Crippen LogP contribution is -3.07. The van der Waals surface area contributed by atoms with Crippen LogP contribution >= 0.6 is 0 Å². The van der Waals surface area contributed by atoms with Gasteiger partial charge in [-0.15, -0.1) is 10.2 Å².